The van der Waals surface area contributed by atoms with E-state index in [4.69, 9.17) is 0 Å². The minimum atomic E-state index is -3.61. The van der Waals surface area contributed by atoms with E-state index in [1.807, 2.05) is 6.92 Å². The zero-order chi connectivity index (χ0) is 15.3. The molecule has 1 atom stereocenters. The third kappa shape index (κ3) is 4.40. The second-order valence-electron chi connectivity index (χ2n) is 4.97. The third-order valence-electron chi connectivity index (χ3n) is 3.19. The van der Waals surface area contributed by atoms with Crippen LogP contribution >= 0.6 is 0 Å². The normalized spacial score (nSPS) is 19.1. The summed E-state index contributed by atoms with van der Waals surface area (Å²) in [6, 6.07) is 2.90. The van der Waals surface area contributed by atoms with E-state index >= 15 is 0 Å². The van der Waals surface area contributed by atoms with Crippen molar-refractivity contribution >= 4 is 21.7 Å². The molecule has 1 aromatic heterocycles. The number of sulfonamides is 1. The van der Waals surface area contributed by atoms with Gasteiger partial charge in [0.1, 0.15) is 10.7 Å². The quantitative estimate of drug-likeness (QED) is 0.708. The summed E-state index contributed by atoms with van der Waals surface area (Å²) in [4.78, 5) is 15.3. The van der Waals surface area contributed by atoms with E-state index in [1.54, 1.807) is 6.07 Å². The van der Waals surface area contributed by atoms with Crippen molar-refractivity contribution in [2.75, 3.05) is 18.4 Å². The van der Waals surface area contributed by atoms with Crippen LogP contribution in [0.5, 0.6) is 0 Å². The molecular formula is C13H20N4O3S. The fourth-order valence-corrected chi connectivity index (χ4v) is 3.23. The molecule has 116 valence electrons. The molecule has 0 aromatic carbocycles. The van der Waals surface area contributed by atoms with Crippen LogP contribution in [-0.4, -0.2) is 38.4 Å². The van der Waals surface area contributed by atoms with Crippen molar-refractivity contribution < 1.29 is 13.2 Å². The molecule has 1 aromatic rings. The fraction of sp³-hybridized carbons (Fsp3) is 0.538. The molecule has 7 nitrogen and oxygen atoms in total. The van der Waals surface area contributed by atoms with E-state index in [1.165, 1.54) is 12.3 Å². The molecule has 0 aliphatic carbocycles. The molecule has 3 N–H and O–H groups in total. The summed E-state index contributed by atoms with van der Waals surface area (Å²) in [5, 5.41) is 5.73. The van der Waals surface area contributed by atoms with Gasteiger partial charge in [-0.05, 0) is 25.0 Å². The van der Waals surface area contributed by atoms with Crippen LogP contribution in [0.25, 0.3) is 0 Å². The van der Waals surface area contributed by atoms with Crippen molar-refractivity contribution in [2.24, 2.45) is 0 Å². The summed E-state index contributed by atoms with van der Waals surface area (Å²) in [5.41, 5.74) is 0. The van der Waals surface area contributed by atoms with Gasteiger partial charge < -0.3 is 10.6 Å². The Hall–Kier alpha value is -1.67. The Morgan fingerprint density at radius 2 is 2.24 bits per heavy atom. The van der Waals surface area contributed by atoms with Gasteiger partial charge in [0.2, 0.25) is 15.9 Å². The van der Waals surface area contributed by atoms with Gasteiger partial charge in [0.05, 0.1) is 0 Å². The first-order chi connectivity index (χ1) is 10.0. The van der Waals surface area contributed by atoms with Crippen LogP contribution < -0.4 is 15.4 Å². The molecule has 0 saturated carbocycles. The summed E-state index contributed by atoms with van der Waals surface area (Å²) >= 11 is 0. The van der Waals surface area contributed by atoms with Gasteiger partial charge in [0.25, 0.3) is 0 Å². The molecular weight excluding hydrogens is 292 g/mol. The number of rotatable bonds is 6. The average Bonchev–Trinajstić information content (AvgIpc) is 2.48. The van der Waals surface area contributed by atoms with Crippen LogP contribution in [0, 0.1) is 0 Å². The summed E-state index contributed by atoms with van der Waals surface area (Å²) in [7, 11) is -3.61. The van der Waals surface area contributed by atoms with Gasteiger partial charge in [0.15, 0.2) is 0 Å². The molecule has 2 heterocycles. The lowest BCUT2D eigenvalue weighted by molar-refractivity contribution is -0.122. The predicted octanol–water partition coefficient (Wildman–Crippen LogP) is 0.460. The van der Waals surface area contributed by atoms with Gasteiger partial charge in [-0.15, -0.1) is 0 Å². The molecule has 1 amide bonds. The maximum Gasteiger partial charge on any atom is 0.242 e. The average molecular weight is 312 g/mol. The Morgan fingerprint density at radius 1 is 1.43 bits per heavy atom. The first kappa shape index (κ1) is 15.7. The van der Waals surface area contributed by atoms with Gasteiger partial charge >= 0.3 is 0 Å². The van der Waals surface area contributed by atoms with E-state index in [9.17, 15) is 13.2 Å². The summed E-state index contributed by atoms with van der Waals surface area (Å²) in [6.07, 6.45) is 3.15. The third-order valence-corrected chi connectivity index (χ3v) is 4.70. The van der Waals surface area contributed by atoms with Crippen molar-refractivity contribution in [1.29, 1.82) is 0 Å². The Morgan fingerprint density at radius 3 is 2.81 bits per heavy atom. The van der Waals surface area contributed by atoms with Crippen molar-refractivity contribution in [2.45, 2.75) is 37.1 Å². The number of carbonyl (C=O) groups excluding carboxylic acids is 1. The highest BCUT2D eigenvalue weighted by Crippen LogP contribution is 2.13. The number of nitrogens with one attached hydrogen (secondary N) is 3. The number of amides is 1. The Labute approximate surface area is 124 Å². The minimum Gasteiger partial charge on any atom is -0.370 e. The van der Waals surface area contributed by atoms with E-state index in [2.05, 4.69) is 20.3 Å². The van der Waals surface area contributed by atoms with Crippen LogP contribution in [0.3, 0.4) is 0 Å². The number of hydrogen-bond acceptors (Lipinski definition) is 5. The lowest BCUT2D eigenvalue weighted by Gasteiger charge is -2.23. The van der Waals surface area contributed by atoms with E-state index in [0.29, 0.717) is 25.2 Å². The zero-order valence-corrected chi connectivity index (χ0v) is 12.7. The van der Waals surface area contributed by atoms with Gasteiger partial charge in [-0.1, -0.05) is 6.92 Å². The number of aromatic nitrogens is 1. The van der Waals surface area contributed by atoms with Gasteiger partial charge in [-0.3, -0.25) is 4.79 Å². The molecule has 0 spiro atoms. The SMILES string of the molecule is CCCNc1ccc(S(=O)(=O)NC2CCC(=O)NC2)cn1. The standard InChI is InChI=1S/C13H20N4O3S/c1-2-7-14-12-5-4-11(9-15-12)21(19,20)17-10-3-6-13(18)16-8-10/h4-5,9-10,17H,2-3,6-8H2,1H3,(H,14,15)(H,16,18). The second-order valence-corrected chi connectivity index (χ2v) is 6.68. The molecule has 21 heavy (non-hydrogen) atoms. The second kappa shape index (κ2) is 6.86. The highest BCUT2D eigenvalue weighted by atomic mass is 32.2. The maximum absolute atomic E-state index is 12.2. The van der Waals surface area contributed by atoms with Gasteiger partial charge in [-0.2, -0.15) is 0 Å². The first-order valence-electron chi connectivity index (χ1n) is 7.00. The number of carbonyl (C=O) groups is 1. The van der Waals surface area contributed by atoms with E-state index in [0.717, 1.165) is 13.0 Å². The van der Waals surface area contributed by atoms with Crippen LogP contribution in [-0.2, 0) is 14.8 Å². The molecule has 0 bridgehead atoms. The van der Waals surface area contributed by atoms with Gasteiger partial charge in [0, 0.05) is 31.7 Å². The number of nitrogens with zero attached hydrogens (tertiary/aromatic N) is 1. The number of piperidine rings is 1. The van der Waals surface area contributed by atoms with Crippen LogP contribution in [0.4, 0.5) is 5.82 Å². The summed E-state index contributed by atoms with van der Waals surface area (Å²) in [5.74, 6) is 0.610. The van der Waals surface area contributed by atoms with Crippen molar-refractivity contribution in [1.82, 2.24) is 15.0 Å². The largest absolute Gasteiger partial charge is 0.370 e. The van der Waals surface area contributed by atoms with Gasteiger partial charge in [-0.25, -0.2) is 18.1 Å². The molecule has 2 rings (SSSR count). The highest BCUT2D eigenvalue weighted by Gasteiger charge is 2.24. The lowest BCUT2D eigenvalue weighted by atomic mass is 10.1. The number of pyridine rings is 1. The first-order valence-corrected chi connectivity index (χ1v) is 8.48. The molecule has 1 saturated heterocycles. The number of anilines is 1. The Bertz CT molecular complexity index is 576. The summed E-state index contributed by atoms with van der Waals surface area (Å²) in [6.45, 7) is 3.15. The smallest absolute Gasteiger partial charge is 0.242 e. The monoisotopic (exact) mass is 312 g/mol. The fourth-order valence-electron chi connectivity index (χ4n) is 2.02. The summed E-state index contributed by atoms with van der Waals surface area (Å²) < 4.78 is 27.0. The van der Waals surface area contributed by atoms with E-state index < -0.39 is 10.0 Å². The molecule has 1 fully saturated rings. The Kier molecular flexibility index (Phi) is 5.13. The molecule has 0 radical (unpaired) electrons. The van der Waals surface area contributed by atoms with Crippen molar-refractivity contribution in [3.05, 3.63) is 18.3 Å². The van der Waals surface area contributed by atoms with Crippen LogP contribution in [0.15, 0.2) is 23.2 Å². The highest BCUT2D eigenvalue weighted by molar-refractivity contribution is 7.89. The minimum absolute atomic E-state index is 0.0431. The predicted molar refractivity (Wildman–Crippen MR) is 79.4 cm³/mol. The van der Waals surface area contributed by atoms with Crippen molar-refractivity contribution in [3.8, 4) is 0 Å². The van der Waals surface area contributed by atoms with Crippen molar-refractivity contribution in [3.63, 3.8) is 0 Å². The molecule has 1 unspecified atom stereocenters. The maximum atomic E-state index is 12.2. The Balaban J connectivity index is 2.00. The topological polar surface area (TPSA) is 100 Å². The molecule has 1 aliphatic heterocycles. The van der Waals surface area contributed by atoms with Crippen LogP contribution in [0.2, 0.25) is 0 Å². The van der Waals surface area contributed by atoms with E-state index in [-0.39, 0.29) is 16.8 Å². The number of hydrogen-bond donors (Lipinski definition) is 3. The van der Waals surface area contributed by atoms with Crippen LogP contribution in [0.1, 0.15) is 26.2 Å². The molecule has 1 aliphatic rings. The zero-order valence-electron chi connectivity index (χ0n) is 11.9. The lowest BCUT2D eigenvalue weighted by Crippen LogP contribution is -2.47. The molecule has 8 heteroatoms.